The van der Waals surface area contributed by atoms with Crippen molar-refractivity contribution in [1.82, 2.24) is 28.2 Å². The van der Waals surface area contributed by atoms with Crippen molar-refractivity contribution in [1.29, 1.82) is 0 Å². The van der Waals surface area contributed by atoms with E-state index in [1.807, 2.05) is 24.5 Å². The van der Waals surface area contributed by atoms with Gasteiger partial charge in [0.25, 0.3) is 0 Å². The van der Waals surface area contributed by atoms with E-state index in [1.54, 1.807) is 0 Å². The number of fused-ring (bicyclic) bond motifs is 13. The van der Waals surface area contributed by atoms with E-state index in [0.717, 1.165) is 44.5 Å². The van der Waals surface area contributed by atoms with E-state index in [2.05, 4.69) is 285 Å². The van der Waals surface area contributed by atoms with E-state index >= 15 is 0 Å². The van der Waals surface area contributed by atoms with Crippen LogP contribution in [0.5, 0.6) is 0 Å². The Bertz CT molecular complexity index is 5240. The van der Waals surface area contributed by atoms with Gasteiger partial charge in [0.05, 0.1) is 33.1 Å². The Morgan fingerprint density at radius 3 is 1.14 bits per heavy atom. The van der Waals surface area contributed by atoms with Crippen LogP contribution in [0.25, 0.3) is 143 Å². The highest BCUT2D eigenvalue weighted by molar-refractivity contribution is 6.18. The summed E-state index contributed by atoms with van der Waals surface area (Å²) in [5.41, 5.74) is 18.5. The molecule has 0 fully saturated rings. The number of para-hydroxylation sites is 5. The molecule has 0 amide bonds. The lowest BCUT2D eigenvalue weighted by molar-refractivity contribution is 1.14. The topological polar surface area (TPSA) is 45.5 Å². The number of pyridine rings is 2. The minimum Gasteiger partial charge on any atom is -0.309 e. The van der Waals surface area contributed by atoms with E-state index in [1.165, 1.54) is 98.8 Å². The fourth-order valence-corrected chi connectivity index (χ4v) is 12.7. The Balaban J connectivity index is 0.000000133. The van der Waals surface area contributed by atoms with Crippen molar-refractivity contribution in [2.45, 2.75) is 0 Å². The lowest BCUT2D eigenvalue weighted by Crippen LogP contribution is -1.94. The third kappa shape index (κ3) is 7.13. The first-order valence-corrected chi connectivity index (χ1v) is 27.2. The van der Waals surface area contributed by atoms with Gasteiger partial charge in [-0.1, -0.05) is 158 Å². The highest BCUT2D eigenvalue weighted by Crippen LogP contribution is 2.43. The van der Waals surface area contributed by atoms with Gasteiger partial charge in [0.1, 0.15) is 11.3 Å². The highest BCUT2D eigenvalue weighted by atomic mass is 15.1. The SMILES string of the molecule is c1ccc(-n2c3cccc(-c4ccc5c(c4)c4ccccc4n5-c4ccc5ccccc5c4)c3c3cccnc32)cc1.c1ccc(-n2c3ccccc3c3cc(-c4cccc5c4c4cccnc4n5-c4ccccc4)ccc32)cc1. The number of rotatable bonds is 6. The second-order valence-electron chi connectivity index (χ2n) is 20.5. The number of benzene rings is 11. The molecule has 80 heavy (non-hydrogen) atoms. The Hall–Kier alpha value is -10.8. The Morgan fingerprint density at radius 1 is 0.225 bits per heavy atom. The monoisotopic (exact) mass is 1020 g/mol. The molecule has 0 aliphatic heterocycles. The average Bonchev–Trinajstić information content (AvgIpc) is 4.29. The fourth-order valence-electron chi connectivity index (χ4n) is 12.7. The van der Waals surface area contributed by atoms with Gasteiger partial charge in [-0.2, -0.15) is 0 Å². The summed E-state index contributed by atoms with van der Waals surface area (Å²) in [5.74, 6) is 0. The molecule has 0 atom stereocenters. The van der Waals surface area contributed by atoms with Gasteiger partial charge < -0.3 is 9.13 Å². The van der Waals surface area contributed by atoms with Crippen molar-refractivity contribution in [2.24, 2.45) is 0 Å². The predicted molar refractivity (Wildman–Crippen MR) is 334 cm³/mol. The molecular weight excluding hydrogens is 973 g/mol. The summed E-state index contributed by atoms with van der Waals surface area (Å²) in [6.45, 7) is 0. The van der Waals surface area contributed by atoms with Crippen LogP contribution in [-0.4, -0.2) is 28.2 Å². The summed E-state index contributed by atoms with van der Waals surface area (Å²) < 4.78 is 9.30. The highest BCUT2D eigenvalue weighted by Gasteiger charge is 2.21. The van der Waals surface area contributed by atoms with E-state index < -0.39 is 0 Å². The zero-order valence-corrected chi connectivity index (χ0v) is 43.4. The third-order valence-corrected chi connectivity index (χ3v) is 16.1. The van der Waals surface area contributed by atoms with Gasteiger partial charge in [0, 0.05) is 78.2 Å². The summed E-state index contributed by atoms with van der Waals surface area (Å²) >= 11 is 0. The van der Waals surface area contributed by atoms with Crippen molar-refractivity contribution < 1.29 is 0 Å². The van der Waals surface area contributed by atoms with Crippen LogP contribution in [0.1, 0.15) is 0 Å². The first-order chi connectivity index (χ1) is 39.7. The molecule has 6 heteroatoms. The number of aromatic nitrogens is 6. The van der Waals surface area contributed by atoms with Crippen LogP contribution >= 0.6 is 0 Å². The van der Waals surface area contributed by atoms with Crippen molar-refractivity contribution in [3.8, 4) is 45.0 Å². The van der Waals surface area contributed by atoms with Gasteiger partial charge in [0.2, 0.25) is 0 Å². The lowest BCUT2D eigenvalue weighted by Gasteiger charge is -2.10. The minimum absolute atomic E-state index is 0.972. The van der Waals surface area contributed by atoms with Crippen LogP contribution < -0.4 is 0 Å². The van der Waals surface area contributed by atoms with Crippen molar-refractivity contribution in [3.05, 3.63) is 291 Å². The molecule has 6 heterocycles. The van der Waals surface area contributed by atoms with Gasteiger partial charge in [-0.25, -0.2) is 9.97 Å². The van der Waals surface area contributed by atoms with Crippen LogP contribution in [0.15, 0.2) is 291 Å². The van der Waals surface area contributed by atoms with Crippen molar-refractivity contribution >= 4 is 98.3 Å². The van der Waals surface area contributed by atoms with Crippen molar-refractivity contribution in [3.63, 3.8) is 0 Å². The molecule has 6 nitrogen and oxygen atoms in total. The molecule has 17 aromatic rings. The van der Waals surface area contributed by atoms with Gasteiger partial charge in [-0.3, -0.25) is 9.13 Å². The molecule has 6 aromatic heterocycles. The lowest BCUT2D eigenvalue weighted by atomic mass is 9.98. The van der Waals surface area contributed by atoms with Crippen LogP contribution in [0, 0.1) is 0 Å². The quantitative estimate of drug-likeness (QED) is 0.167. The Labute approximate surface area is 460 Å². The third-order valence-electron chi connectivity index (χ3n) is 16.1. The zero-order valence-electron chi connectivity index (χ0n) is 43.4. The van der Waals surface area contributed by atoms with Crippen LogP contribution in [0.3, 0.4) is 0 Å². The first kappa shape index (κ1) is 45.4. The van der Waals surface area contributed by atoms with Crippen molar-refractivity contribution in [2.75, 3.05) is 0 Å². The summed E-state index contributed by atoms with van der Waals surface area (Å²) in [4.78, 5) is 9.66. The molecule has 0 aliphatic carbocycles. The maximum absolute atomic E-state index is 4.84. The molecule has 0 aliphatic rings. The summed E-state index contributed by atoms with van der Waals surface area (Å²) in [6, 6.07) is 99.8. The number of hydrogen-bond acceptors (Lipinski definition) is 2. The molecule has 0 saturated carbocycles. The molecule has 0 bridgehead atoms. The van der Waals surface area contributed by atoms with E-state index in [9.17, 15) is 0 Å². The van der Waals surface area contributed by atoms with Gasteiger partial charge in [-0.15, -0.1) is 0 Å². The molecule has 11 aromatic carbocycles. The molecule has 374 valence electrons. The first-order valence-electron chi connectivity index (χ1n) is 27.2. The minimum atomic E-state index is 0.972. The van der Waals surface area contributed by atoms with Gasteiger partial charge in [0.15, 0.2) is 0 Å². The number of nitrogens with zero attached hydrogens (tertiary/aromatic N) is 6. The standard InChI is InChI=1S/C39H25N3.C35H23N3/c1-2-12-29(13-3-1)42-37-18-8-15-31(38(37)33-16-9-23-40-39(33)42)28-20-22-36-34(25-28)32-14-6-7-17-35(32)41(36)30-21-19-26-10-4-5-11-27(26)24-30;1-3-11-25(12-4-1)37-31-18-8-7-15-28(31)30-23-24(20-21-32(30)37)27-16-9-19-33-34(27)29-17-10-22-36-35(29)38(33)26-13-5-2-6-14-26/h1-25H;1-23H. The number of hydrogen-bond donors (Lipinski definition) is 0. The molecule has 0 saturated heterocycles. The molecule has 0 radical (unpaired) electrons. The zero-order chi connectivity index (χ0) is 52.7. The molecular formula is C74H48N6. The summed E-state index contributed by atoms with van der Waals surface area (Å²) in [6.07, 6.45) is 3.76. The van der Waals surface area contributed by atoms with Crippen LogP contribution in [-0.2, 0) is 0 Å². The van der Waals surface area contributed by atoms with E-state index in [-0.39, 0.29) is 0 Å². The largest absolute Gasteiger partial charge is 0.309 e. The normalized spacial score (nSPS) is 11.8. The maximum atomic E-state index is 4.84. The molecule has 17 rings (SSSR count). The van der Waals surface area contributed by atoms with Crippen LogP contribution in [0.4, 0.5) is 0 Å². The second-order valence-corrected chi connectivity index (χ2v) is 20.5. The molecule has 0 N–H and O–H groups in total. The van der Waals surface area contributed by atoms with E-state index in [0.29, 0.717) is 0 Å². The molecule has 0 unspecified atom stereocenters. The van der Waals surface area contributed by atoms with Gasteiger partial charge >= 0.3 is 0 Å². The molecule has 0 spiro atoms. The smallest absolute Gasteiger partial charge is 0.145 e. The Kier molecular flexibility index (Phi) is 10.5. The predicted octanol–water partition coefficient (Wildman–Crippen LogP) is 19.0. The van der Waals surface area contributed by atoms with E-state index in [4.69, 9.17) is 9.97 Å². The maximum Gasteiger partial charge on any atom is 0.145 e. The van der Waals surface area contributed by atoms with Gasteiger partial charge in [-0.05, 0) is 154 Å². The summed E-state index contributed by atoms with van der Waals surface area (Å²) in [7, 11) is 0. The average molecular weight is 1020 g/mol. The Morgan fingerprint density at radius 2 is 0.625 bits per heavy atom. The summed E-state index contributed by atoms with van der Waals surface area (Å²) in [5, 5.41) is 12.3. The van der Waals surface area contributed by atoms with Crippen LogP contribution in [0.2, 0.25) is 0 Å². The fraction of sp³-hybridized carbons (Fsp3) is 0. The second kappa shape index (κ2) is 18.4.